The quantitative estimate of drug-likeness (QED) is 0.534. The fraction of sp³-hybridized carbons (Fsp3) is 0.111. The number of carbonyl (C=O) groups is 1. The smallest absolute Gasteiger partial charge is 0.306 e. The molecule has 10 heteroatoms. The summed E-state index contributed by atoms with van der Waals surface area (Å²) in [5.74, 6) is -1.66. The lowest BCUT2D eigenvalue weighted by molar-refractivity contribution is -0.387. The van der Waals surface area contributed by atoms with E-state index in [0.717, 1.165) is 16.8 Å². The van der Waals surface area contributed by atoms with Crippen LogP contribution in [0.15, 0.2) is 59.7 Å². The second-order valence-electron chi connectivity index (χ2n) is 5.83. The minimum Gasteiger partial charge on any atom is -0.324 e. The molecule has 0 saturated carbocycles. The molecule has 0 saturated heterocycles. The van der Waals surface area contributed by atoms with E-state index < -0.39 is 33.9 Å². The molecule has 0 fully saturated rings. The van der Waals surface area contributed by atoms with E-state index in [1.54, 1.807) is 24.5 Å². The van der Waals surface area contributed by atoms with Crippen LogP contribution in [0.2, 0.25) is 0 Å². The normalized spacial score (nSPS) is 11.6. The molecule has 1 amide bonds. The number of rotatable bonds is 5. The molecule has 0 aliphatic carbocycles. The Morgan fingerprint density at radius 1 is 1.29 bits per heavy atom. The van der Waals surface area contributed by atoms with Crippen molar-refractivity contribution in [2.75, 3.05) is 5.32 Å². The zero-order chi connectivity index (χ0) is 20.3. The second-order valence-corrected chi connectivity index (χ2v) is 5.83. The molecule has 28 heavy (non-hydrogen) atoms. The van der Waals surface area contributed by atoms with E-state index >= 15 is 0 Å². The molecule has 1 aromatic carbocycles. The topological polar surface area (TPSA) is 120 Å². The zero-order valence-electron chi connectivity index (χ0n) is 14.6. The number of hydrogen-bond donors (Lipinski definition) is 1. The van der Waals surface area contributed by atoms with Crippen LogP contribution in [0.1, 0.15) is 13.0 Å². The molecule has 0 spiro atoms. The first-order valence-electron chi connectivity index (χ1n) is 8.12. The summed E-state index contributed by atoms with van der Waals surface area (Å²) in [6.45, 7) is 1.45. The largest absolute Gasteiger partial charge is 0.324 e. The maximum absolute atomic E-state index is 13.4. The molecule has 2 heterocycles. The molecule has 3 rings (SSSR count). The SMILES string of the molecule is CC(C(=O)Nc1ccc(F)c([N+](=O)[O-])c1)n1nc(-c2cccnc2)ccc1=O. The Kier molecular flexibility index (Phi) is 5.21. The van der Waals surface area contributed by atoms with Crippen LogP contribution in [-0.2, 0) is 4.79 Å². The lowest BCUT2D eigenvalue weighted by Gasteiger charge is -2.15. The van der Waals surface area contributed by atoms with Gasteiger partial charge in [-0.05, 0) is 37.3 Å². The van der Waals surface area contributed by atoms with Crippen LogP contribution in [0.25, 0.3) is 11.3 Å². The molecule has 0 aliphatic rings. The number of halogens is 1. The van der Waals surface area contributed by atoms with Gasteiger partial charge >= 0.3 is 5.69 Å². The Balaban J connectivity index is 1.87. The van der Waals surface area contributed by atoms with Gasteiger partial charge in [-0.3, -0.25) is 24.7 Å². The van der Waals surface area contributed by atoms with Crippen LogP contribution in [0.4, 0.5) is 15.8 Å². The summed E-state index contributed by atoms with van der Waals surface area (Å²) in [7, 11) is 0. The van der Waals surface area contributed by atoms with Crippen molar-refractivity contribution < 1.29 is 14.1 Å². The Hall–Kier alpha value is -3.95. The molecule has 1 unspecified atom stereocenters. The van der Waals surface area contributed by atoms with Gasteiger partial charge in [-0.2, -0.15) is 9.49 Å². The van der Waals surface area contributed by atoms with Crippen molar-refractivity contribution >= 4 is 17.3 Å². The monoisotopic (exact) mass is 383 g/mol. The number of anilines is 1. The third kappa shape index (κ3) is 3.90. The molecular formula is C18H14FN5O4. The van der Waals surface area contributed by atoms with Crippen molar-refractivity contribution in [3.05, 3.63) is 81.1 Å². The number of carbonyl (C=O) groups excluding carboxylic acids is 1. The summed E-state index contributed by atoms with van der Waals surface area (Å²) in [4.78, 5) is 38.6. The highest BCUT2D eigenvalue weighted by Crippen LogP contribution is 2.22. The molecule has 1 atom stereocenters. The molecule has 9 nitrogen and oxygen atoms in total. The summed E-state index contributed by atoms with van der Waals surface area (Å²) in [6.07, 6.45) is 3.16. The minimum atomic E-state index is -1.02. The number of nitro benzene ring substituents is 1. The number of nitrogens with zero attached hydrogens (tertiary/aromatic N) is 4. The van der Waals surface area contributed by atoms with Gasteiger partial charge in [0.15, 0.2) is 0 Å². The van der Waals surface area contributed by atoms with E-state index in [2.05, 4.69) is 15.4 Å². The molecule has 0 radical (unpaired) electrons. The fourth-order valence-corrected chi connectivity index (χ4v) is 2.46. The number of aromatic nitrogens is 3. The first-order chi connectivity index (χ1) is 13.4. The standard InChI is InChI=1S/C18H14FN5O4/c1-11(18(26)21-13-4-5-14(19)16(9-13)24(27)28)23-17(25)7-6-15(22-23)12-3-2-8-20-10-12/h2-11H,1H3,(H,21,26). The highest BCUT2D eigenvalue weighted by molar-refractivity contribution is 5.93. The first-order valence-corrected chi connectivity index (χ1v) is 8.12. The number of amides is 1. The van der Waals surface area contributed by atoms with E-state index in [-0.39, 0.29) is 5.69 Å². The van der Waals surface area contributed by atoms with Gasteiger partial charge in [0.1, 0.15) is 6.04 Å². The predicted octanol–water partition coefficient (Wildman–Crippen LogP) is 2.55. The number of pyridine rings is 1. The number of nitro groups is 1. The summed E-state index contributed by atoms with van der Waals surface area (Å²) in [6, 6.07) is 8.22. The van der Waals surface area contributed by atoms with Crippen molar-refractivity contribution in [2.24, 2.45) is 0 Å². The van der Waals surface area contributed by atoms with Crippen molar-refractivity contribution in [1.82, 2.24) is 14.8 Å². The number of benzene rings is 1. The van der Waals surface area contributed by atoms with Gasteiger partial charge in [0.25, 0.3) is 5.56 Å². The first kappa shape index (κ1) is 18.8. The third-order valence-electron chi connectivity index (χ3n) is 3.94. The number of nitrogens with one attached hydrogen (secondary N) is 1. The molecule has 142 valence electrons. The predicted molar refractivity (Wildman–Crippen MR) is 98.1 cm³/mol. The summed E-state index contributed by atoms with van der Waals surface area (Å²) >= 11 is 0. The lowest BCUT2D eigenvalue weighted by atomic mass is 10.2. The molecule has 0 aliphatic heterocycles. The highest BCUT2D eigenvalue weighted by atomic mass is 19.1. The van der Waals surface area contributed by atoms with Crippen molar-refractivity contribution in [3.8, 4) is 11.3 Å². The summed E-state index contributed by atoms with van der Waals surface area (Å²) in [5, 5.41) is 17.5. The zero-order valence-corrected chi connectivity index (χ0v) is 14.6. The van der Waals surface area contributed by atoms with E-state index in [1.807, 2.05) is 0 Å². The van der Waals surface area contributed by atoms with Crippen molar-refractivity contribution in [3.63, 3.8) is 0 Å². The average molecular weight is 383 g/mol. The minimum absolute atomic E-state index is 0.0291. The Morgan fingerprint density at radius 2 is 2.07 bits per heavy atom. The molecule has 3 aromatic rings. The van der Waals surface area contributed by atoms with Crippen molar-refractivity contribution in [2.45, 2.75) is 13.0 Å². The summed E-state index contributed by atoms with van der Waals surface area (Å²) in [5.41, 5.74) is -0.121. The maximum Gasteiger partial charge on any atom is 0.306 e. The van der Waals surface area contributed by atoms with Crippen LogP contribution in [-0.4, -0.2) is 25.6 Å². The summed E-state index contributed by atoms with van der Waals surface area (Å²) < 4.78 is 14.4. The number of hydrogen-bond acceptors (Lipinski definition) is 6. The van der Waals surface area contributed by atoms with Gasteiger partial charge in [-0.1, -0.05) is 0 Å². The van der Waals surface area contributed by atoms with Crippen LogP contribution in [0.5, 0.6) is 0 Å². The average Bonchev–Trinajstić information content (AvgIpc) is 2.69. The highest BCUT2D eigenvalue weighted by Gasteiger charge is 2.20. The maximum atomic E-state index is 13.4. The Bertz CT molecular complexity index is 1100. The van der Waals surface area contributed by atoms with E-state index in [0.29, 0.717) is 11.3 Å². The van der Waals surface area contributed by atoms with Gasteiger partial charge in [0.2, 0.25) is 11.7 Å². The van der Waals surface area contributed by atoms with E-state index in [4.69, 9.17) is 0 Å². The molecular weight excluding hydrogens is 369 g/mol. The van der Waals surface area contributed by atoms with Crippen LogP contribution in [0, 0.1) is 15.9 Å². The van der Waals surface area contributed by atoms with Crippen molar-refractivity contribution in [1.29, 1.82) is 0 Å². The fourth-order valence-electron chi connectivity index (χ4n) is 2.46. The van der Waals surface area contributed by atoms with E-state index in [1.165, 1.54) is 25.1 Å². The van der Waals surface area contributed by atoms with Crippen LogP contribution in [0.3, 0.4) is 0 Å². The molecule has 1 N–H and O–H groups in total. The lowest BCUT2D eigenvalue weighted by Crippen LogP contribution is -2.33. The molecule has 0 bridgehead atoms. The third-order valence-corrected chi connectivity index (χ3v) is 3.94. The Labute approximate surface area is 157 Å². The van der Waals surface area contributed by atoms with Gasteiger partial charge in [0.05, 0.1) is 10.6 Å². The van der Waals surface area contributed by atoms with Gasteiger partial charge in [-0.15, -0.1) is 0 Å². The van der Waals surface area contributed by atoms with Crippen LogP contribution >= 0.6 is 0 Å². The molecule has 2 aromatic heterocycles. The van der Waals surface area contributed by atoms with Crippen LogP contribution < -0.4 is 10.9 Å². The Morgan fingerprint density at radius 3 is 2.75 bits per heavy atom. The van der Waals surface area contributed by atoms with Gasteiger partial charge in [-0.25, -0.2) is 4.68 Å². The van der Waals surface area contributed by atoms with Gasteiger partial charge in [0, 0.05) is 35.8 Å². The van der Waals surface area contributed by atoms with Gasteiger partial charge < -0.3 is 5.32 Å². The van der Waals surface area contributed by atoms with E-state index in [9.17, 15) is 24.1 Å². The second kappa shape index (κ2) is 7.74.